The highest BCUT2D eigenvalue weighted by atomic mass is 32.1. The van der Waals surface area contributed by atoms with Crippen molar-refractivity contribution in [2.24, 2.45) is 0 Å². The summed E-state index contributed by atoms with van der Waals surface area (Å²) in [6, 6.07) is 13.6. The van der Waals surface area contributed by atoms with Gasteiger partial charge in [-0.2, -0.15) is 0 Å². The van der Waals surface area contributed by atoms with Crippen molar-refractivity contribution in [3.63, 3.8) is 0 Å². The number of ether oxygens (including phenoxy) is 1. The van der Waals surface area contributed by atoms with E-state index in [1.165, 1.54) is 23.5 Å². The van der Waals surface area contributed by atoms with E-state index in [0.29, 0.717) is 16.5 Å². The van der Waals surface area contributed by atoms with E-state index in [1.54, 1.807) is 12.1 Å². The third-order valence-electron chi connectivity index (χ3n) is 3.66. The molecule has 0 fully saturated rings. The average Bonchev–Trinajstić information content (AvgIpc) is 3.09. The lowest BCUT2D eigenvalue weighted by molar-refractivity contribution is -0.384. The van der Waals surface area contributed by atoms with Gasteiger partial charge in [0.25, 0.3) is 5.69 Å². The molecule has 0 unspecified atom stereocenters. The van der Waals surface area contributed by atoms with Crippen LogP contribution >= 0.6 is 11.3 Å². The molecule has 1 heterocycles. The minimum atomic E-state index is -0.472. The number of nitrogens with zero attached hydrogens (tertiary/aromatic N) is 2. The number of nitro groups is 1. The fourth-order valence-corrected chi connectivity index (χ4v) is 3.10. The topological polar surface area (TPSA) is 94.4 Å². The van der Waals surface area contributed by atoms with Gasteiger partial charge in [-0.15, -0.1) is 11.3 Å². The van der Waals surface area contributed by atoms with Gasteiger partial charge in [0.2, 0.25) is 5.91 Å². The monoisotopic (exact) mass is 383 g/mol. The Kier molecular flexibility index (Phi) is 5.77. The highest BCUT2D eigenvalue weighted by Crippen LogP contribution is 2.21. The number of thiazole rings is 1. The van der Waals surface area contributed by atoms with Crippen molar-refractivity contribution in [1.29, 1.82) is 0 Å². The molecule has 0 bridgehead atoms. The maximum absolute atomic E-state index is 12.1. The van der Waals surface area contributed by atoms with Crippen LogP contribution < -0.4 is 10.1 Å². The lowest BCUT2D eigenvalue weighted by atomic mass is 10.2. The van der Waals surface area contributed by atoms with E-state index in [1.807, 2.05) is 36.6 Å². The number of non-ortho nitro benzene ring substituents is 1. The van der Waals surface area contributed by atoms with Crippen LogP contribution in [0.4, 0.5) is 11.4 Å². The fourth-order valence-electron chi connectivity index (χ4n) is 2.32. The highest BCUT2D eigenvalue weighted by molar-refractivity contribution is 7.09. The molecule has 0 saturated carbocycles. The van der Waals surface area contributed by atoms with E-state index in [9.17, 15) is 14.9 Å². The zero-order chi connectivity index (χ0) is 19.2. The van der Waals surface area contributed by atoms with Crippen LogP contribution in [0.25, 0.3) is 0 Å². The summed E-state index contributed by atoms with van der Waals surface area (Å²) in [4.78, 5) is 26.8. The van der Waals surface area contributed by atoms with E-state index < -0.39 is 4.92 Å². The minimum absolute atomic E-state index is 0.0285. The maximum atomic E-state index is 12.1. The van der Waals surface area contributed by atoms with Crippen molar-refractivity contribution in [3.05, 3.63) is 80.3 Å². The summed E-state index contributed by atoms with van der Waals surface area (Å²) in [5, 5.41) is 16.1. The molecule has 0 spiro atoms. The second kappa shape index (κ2) is 8.41. The number of nitro benzene ring substituents is 1. The first kappa shape index (κ1) is 18.5. The summed E-state index contributed by atoms with van der Waals surface area (Å²) >= 11 is 1.37. The van der Waals surface area contributed by atoms with Crippen LogP contribution in [0.2, 0.25) is 0 Å². The van der Waals surface area contributed by atoms with Gasteiger partial charge in [0.1, 0.15) is 17.4 Å². The average molecular weight is 383 g/mol. The van der Waals surface area contributed by atoms with Crippen molar-refractivity contribution in [3.8, 4) is 5.75 Å². The SMILES string of the molecule is Cc1ccc(NC(=O)Cc2nc(COc3cccc([N+](=O)[O-])c3)cs2)cc1. The number of anilines is 1. The molecule has 1 aromatic heterocycles. The molecule has 1 amide bonds. The van der Waals surface area contributed by atoms with Crippen molar-refractivity contribution in [1.82, 2.24) is 4.98 Å². The molecule has 138 valence electrons. The first-order valence-electron chi connectivity index (χ1n) is 8.16. The Morgan fingerprint density at radius 2 is 2.04 bits per heavy atom. The maximum Gasteiger partial charge on any atom is 0.273 e. The number of carbonyl (C=O) groups excluding carboxylic acids is 1. The highest BCUT2D eigenvalue weighted by Gasteiger charge is 2.10. The molecule has 0 aliphatic rings. The molecule has 2 aromatic carbocycles. The summed E-state index contributed by atoms with van der Waals surface area (Å²) in [5.41, 5.74) is 2.52. The van der Waals surface area contributed by atoms with Crippen LogP contribution in [0.3, 0.4) is 0 Å². The van der Waals surface area contributed by atoms with Crippen LogP contribution in [-0.2, 0) is 17.8 Å². The lowest BCUT2D eigenvalue weighted by Crippen LogP contribution is -2.14. The van der Waals surface area contributed by atoms with E-state index >= 15 is 0 Å². The summed E-state index contributed by atoms with van der Waals surface area (Å²) in [5.74, 6) is 0.259. The van der Waals surface area contributed by atoms with Gasteiger partial charge in [0, 0.05) is 17.1 Å². The Bertz CT molecular complexity index is 954. The molecule has 3 rings (SSSR count). The third-order valence-corrected chi connectivity index (χ3v) is 4.56. The zero-order valence-corrected chi connectivity index (χ0v) is 15.4. The normalized spacial score (nSPS) is 10.4. The van der Waals surface area contributed by atoms with Crippen molar-refractivity contribution in [2.75, 3.05) is 5.32 Å². The molecule has 1 N–H and O–H groups in total. The van der Waals surface area contributed by atoms with Gasteiger partial charge in [0.05, 0.1) is 23.1 Å². The summed E-state index contributed by atoms with van der Waals surface area (Å²) < 4.78 is 5.55. The number of nitrogens with one attached hydrogen (secondary N) is 1. The van der Waals surface area contributed by atoms with Gasteiger partial charge in [-0.25, -0.2) is 4.98 Å². The molecule has 8 heteroatoms. The van der Waals surface area contributed by atoms with Crippen molar-refractivity contribution in [2.45, 2.75) is 20.0 Å². The second-order valence-corrected chi connectivity index (χ2v) is 6.81. The fraction of sp³-hybridized carbons (Fsp3) is 0.158. The van der Waals surface area contributed by atoms with Crippen molar-refractivity contribution >= 4 is 28.6 Å². The Hall–Kier alpha value is -3.26. The van der Waals surface area contributed by atoms with Crippen LogP contribution in [0.15, 0.2) is 53.9 Å². The largest absolute Gasteiger partial charge is 0.487 e. The quantitative estimate of drug-likeness (QED) is 0.489. The first-order chi connectivity index (χ1) is 13.0. The molecule has 0 aliphatic heterocycles. The van der Waals surface area contributed by atoms with Crippen LogP contribution in [0.1, 0.15) is 16.3 Å². The Morgan fingerprint density at radius 3 is 2.78 bits per heavy atom. The van der Waals surface area contributed by atoms with Gasteiger partial charge in [0.15, 0.2) is 0 Å². The van der Waals surface area contributed by atoms with E-state index in [2.05, 4.69) is 10.3 Å². The molecular formula is C19H17N3O4S. The number of aromatic nitrogens is 1. The van der Waals surface area contributed by atoms with Crippen molar-refractivity contribution < 1.29 is 14.5 Å². The lowest BCUT2D eigenvalue weighted by Gasteiger charge is -2.04. The van der Waals surface area contributed by atoms with Crippen LogP contribution in [0, 0.1) is 17.0 Å². The summed E-state index contributed by atoms with van der Waals surface area (Å²) in [6.45, 7) is 2.16. The smallest absolute Gasteiger partial charge is 0.273 e. The number of hydrogen-bond donors (Lipinski definition) is 1. The predicted octanol–water partition coefficient (Wildman–Crippen LogP) is 4.12. The molecular weight excluding hydrogens is 366 g/mol. The third kappa shape index (κ3) is 5.35. The van der Waals surface area contributed by atoms with Gasteiger partial charge < -0.3 is 10.1 Å². The van der Waals surface area contributed by atoms with E-state index in [-0.39, 0.29) is 24.6 Å². The standard InChI is InChI=1S/C19H17N3O4S/c1-13-5-7-14(8-6-13)20-18(23)10-19-21-15(12-27-19)11-26-17-4-2-3-16(9-17)22(24)25/h2-9,12H,10-11H2,1H3,(H,20,23). The molecule has 0 radical (unpaired) electrons. The molecule has 0 saturated heterocycles. The number of benzene rings is 2. The van der Waals surface area contributed by atoms with E-state index in [4.69, 9.17) is 4.74 Å². The van der Waals surface area contributed by atoms with E-state index in [0.717, 1.165) is 11.3 Å². The summed E-state index contributed by atoms with van der Waals surface area (Å²) in [7, 11) is 0. The summed E-state index contributed by atoms with van der Waals surface area (Å²) in [6.07, 6.45) is 0.176. The first-order valence-corrected chi connectivity index (χ1v) is 9.04. The molecule has 27 heavy (non-hydrogen) atoms. The minimum Gasteiger partial charge on any atom is -0.487 e. The Morgan fingerprint density at radius 1 is 1.26 bits per heavy atom. The number of amides is 1. The van der Waals surface area contributed by atoms with Gasteiger partial charge in [-0.05, 0) is 25.1 Å². The predicted molar refractivity (Wildman–Crippen MR) is 103 cm³/mol. The van der Waals surface area contributed by atoms with Gasteiger partial charge in [-0.1, -0.05) is 23.8 Å². The Balaban J connectivity index is 1.53. The molecule has 0 atom stereocenters. The number of rotatable bonds is 7. The Labute approximate surface area is 159 Å². The van der Waals surface area contributed by atoms with Gasteiger partial charge >= 0.3 is 0 Å². The van der Waals surface area contributed by atoms with Crippen LogP contribution in [0.5, 0.6) is 5.75 Å². The molecule has 3 aromatic rings. The second-order valence-electron chi connectivity index (χ2n) is 5.87. The number of aryl methyl sites for hydroxylation is 1. The number of carbonyl (C=O) groups is 1. The van der Waals surface area contributed by atoms with Gasteiger partial charge in [-0.3, -0.25) is 14.9 Å². The zero-order valence-electron chi connectivity index (χ0n) is 14.5. The van der Waals surface area contributed by atoms with Crippen LogP contribution in [-0.4, -0.2) is 15.8 Å². The number of hydrogen-bond acceptors (Lipinski definition) is 6. The molecule has 7 nitrogen and oxygen atoms in total. The molecule has 0 aliphatic carbocycles.